The molecule has 12 nitrogen and oxygen atoms in total. The molecule has 3 aromatic rings. The van der Waals surface area contributed by atoms with Gasteiger partial charge in [0, 0.05) is 20.1 Å². The topological polar surface area (TPSA) is 157 Å². The fourth-order valence-electron chi connectivity index (χ4n) is 3.78. The number of ether oxygens (including phenoxy) is 1. The number of nitrogens with two attached hydrogens (primary N) is 1. The second-order valence-electron chi connectivity index (χ2n) is 8.43. The van der Waals surface area contributed by atoms with Crippen LogP contribution in [0.3, 0.4) is 0 Å². The van der Waals surface area contributed by atoms with Gasteiger partial charge in [0.2, 0.25) is 5.78 Å². The number of rotatable bonds is 8. The molecule has 0 aliphatic heterocycles. The lowest BCUT2D eigenvalue weighted by molar-refractivity contribution is -0.143. The number of esters is 1. The molecule has 12 heteroatoms. The number of Topliss-reactive ketones (excluding diaryl/α,β-unsaturated/α-hetero) is 1. The van der Waals surface area contributed by atoms with Crippen molar-refractivity contribution in [2.24, 2.45) is 13.0 Å². The van der Waals surface area contributed by atoms with Crippen LogP contribution in [0.25, 0.3) is 10.9 Å². The minimum absolute atomic E-state index is 0.00723. The van der Waals surface area contributed by atoms with Gasteiger partial charge in [-0.2, -0.15) is 0 Å². The van der Waals surface area contributed by atoms with Gasteiger partial charge in [-0.05, 0) is 25.0 Å². The molecule has 0 saturated carbocycles. The number of nitrogen functional groups attached to an aromatic ring is 1. The number of hydrogen-bond acceptors (Lipinski definition) is 8. The van der Waals surface area contributed by atoms with Gasteiger partial charge in [-0.1, -0.05) is 26.0 Å². The van der Waals surface area contributed by atoms with Gasteiger partial charge in [-0.15, -0.1) is 0 Å². The average Bonchev–Trinajstić information content (AvgIpc) is 2.82. The third-order valence-corrected chi connectivity index (χ3v) is 5.51. The molecule has 0 bridgehead atoms. The quantitative estimate of drug-likeness (QED) is 0.337. The van der Waals surface area contributed by atoms with Crippen molar-refractivity contribution in [3.63, 3.8) is 0 Å². The predicted octanol–water partition coefficient (Wildman–Crippen LogP) is -0.292. The van der Waals surface area contributed by atoms with Crippen LogP contribution in [0.2, 0.25) is 0 Å². The predicted molar refractivity (Wildman–Crippen MR) is 129 cm³/mol. The number of fused-ring (bicyclic) bond motifs is 1. The summed E-state index contributed by atoms with van der Waals surface area (Å²) < 4.78 is 9.02. The molecular weight excluding hydrogens is 458 g/mol. The van der Waals surface area contributed by atoms with Crippen molar-refractivity contribution >= 4 is 28.5 Å². The van der Waals surface area contributed by atoms with E-state index in [1.54, 1.807) is 25.1 Å². The molecule has 35 heavy (non-hydrogen) atoms. The Bertz CT molecular complexity index is 1560. The standard InChI is InChI=1S/C23H27N5O7/c1-5-26-20(31)14-8-6-7-9-15(14)27(23(26)34)11-17(30)35-12-16(29)18-19(24)28(10-13(2)3)22(33)25(4)21(18)32/h6-9,13H,5,10-12,24H2,1-4H3. The Balaban J connectivity index is 1.89. The van der Waals surface area contributed by atoms with E-state index in [-0.39, 0.29) is 35.7 Å². The Hall–Kier alpha value is -4.22. The van der Waals surface area contributed by atoms with E-state index in [1.807, 2.05) is 13.8 Å². The van der Waals surface area contributed by atoms with Gasteiger partial charge in [0.25, 0.3) is 11.1 Å². The van der Waals surface area contributed by atoms with E-state index >= 15 is 0 Å². The average molecular weight is 485 g/mol. The van der Waals surface area contributed by atoms with Crippen LogP contribution in [0.5, 0.6) is 0 Å². The fraction of sp³-hybridized carbons (Fsp3) is 0.391. The van der Waals surface area contributed by atoms with Crippen molar-refractivity contribution in [2.45, 2.75) is 40.4 Å². The molecule has 2 N–H and O–H groups in total. The van der Waals surface area contributed by atoms with Gasteiger partial charge < -0.3 is 10.5 Å². The smallest absolute Gasteiger partial charge is 0.332 e. The normalized spacial score (nSPS) is 11.2. The van der Waals surface area contributed by atoms with Crippen LogP contribution >= 0.6 is 0 Å². The molecule has 2 aromatic heterocycles. The van der Waals surface area contributed by atoms with Crippen LogP contribution in [-0.2, 0) is 36.2 Å². The molecule has 0 saturated heterocycles. The van der Waals surface area contributed by atoms with E-state index < -0.39 is 53.0 Å². The Morgan fingerprint density at radius 1 is 0.971 bits per heavy atom. The van der Waals surface area contributed by atoms with Crippen LogP contribution in [-0.4, -0.2) is 36.6 Å². The second kappa shape index (κ2) is 9.95. The van der Waals surface area contributed by atoms with E-state index in [4.69, 9.17) is 10.5 Å². The Morgan fingerprint density at radius 2 is 1.63 bits per heavy atom. The first-order valence-electron chi connectivity index (χ1n) is 11.0. The van der Waals surface area contributed by atoms with Gasteiger partial charge >= 0.3 is 17.3 Å². The molecule has 0 spiro atoms. The highest BCUT2D eigenvalue weighted by Crippen LogP contribution is 2.10. The van der Waals surface area contributed by atoms with Crippen molar-refractivity contribution in [3.05, 3.63) is 71.5 Å². The van der Waals surface area contributed by atoms with Gasteiger partial charge in [-0.3, -0.25) is 37.4 Å². The molecule has 2 heterocycles. The van der Waals surface area contributed by atoms with E-state index in [0.29, 0.717) is 0 Å². The van der Waals surface area contributed by atoms with Crippen LogP contribution in [0, 0.1) is 5.92 Å². The number of benzene rings is 1. The number of ketones is 1. The van der Waals surface area contributed by atoms with Crippen molar-refractivity contribution in [3.8, 4) is 0 Å². The van der Waals surface area contributed by atoms with Crippen molar-refractivity contribution < 1.29 is 14.3 Å². The highest BCUT2D eigenvalue weighted by atomic mass is 16.5. The molecule has 1 aromatic carbocycles. The third kappa shape index (κ3) is 4.72. The first kappa shape index (κ1) is 25.4. The SMILES string of the molecule is CCn1c(=O)c2ccccc2n(CC(=O)OCC(=O)c2c(N)n(CC(C)C)c(=O)n(C)c2=O)c1=O. The molecule has 0 atom stereocenters. The van der Waals surface area contributed by atoms with E-state index in [9.17, 15) is 28.8 Å². The molecule has 3 rings (SSSR count). The summed E-state index contributed by atoms with van der Waals surface area (Å²) in [5.41, 5.74) is 3.03. The van der Waals surface area contributed by atoms with E-state index in [2.05, 4.69) is 0 Å². The highest BCUT2D eigenvalue weighted by molar-refractivity contribution is 6.01. The van der Waals surface area contributed by atoms with Gasteiger partial charge in [0.05, 0.1) is 10.9 Å². The Labute approximate surface area is 198 Å². The summed E-state index contributed by atoms with van der Waals surface area (Å²) >= 11 is 0. The Kier molecular flexibility index (Phi) is 7.22. The van der Waals surface area contributed by atoms with Crippen molar-refractivity contribution in [1.82, 2.24) is 18.3 Å². The lowest BCUT2D eigenvalue weighted by Gasteiger charge is -2.16. The number of anilines is 1. The molecule has 0 radical (unpaired) electrons. The minimum Gasteiger partial charge on any atom is -0.456 e. The van der Waals surface area contributed by atoms with Crippen LogP contribution < -0.4 is 28.2 Å². The summed E-state index contributed by atoms with van der Waals surface area (Å²) in [6.07, 6.45) is 0. The van der Waals surface area contributed by atoms with Crippen molar-refractivity contribution in [1.29, 1.82) is 0 Å². The van der Waals surface area contributed by atoms with Crippen LogP contribution in [0.15, 0.2) is 43.4 Å². The lowest BCUT2D eigenvalue weighted by Crippen LogP contribution is -2.43. The first-order valence-corrected chi connectivity index (χ1v) is 11.0. The fourth-order valence-corrected chi connectivity index (χ4v) is 3.78. The Morgan fingerprint density at radius 3 is 2.26 bits per heavy atom. The van der Waals surface area contributed by atoms with E-state index in [0.717, 1.165) is 18.3 Å². The monoisotopic (exact) mass is 485 g/mol. The van der Waals surface area contributed by atoms with Crippen molar-refractivity contribution in [2.75, 3.05) is 12.3 Å². The maximum absolute atomic E-state index is 12.8. The van der Waals surface area contributed by atoms with Crippen LogP contribution in [0.4, 0.5) is 5.82 Å². The number of hydrogen-bond donors (Lipinski definition) is 1. The zero-order chi connectivity index (χ0) is 26.0. The summed E-state index contributed by atoms with van der Waals surface area (Å²) in [5.74, 6) is -2.11. The second-order valence-corrected chi connectivity index (χ2v) is 8.43. The first-order chi connectivity index (χ1) is 16.5. The summed E-state index contributed by atoms with van der Waals surface area (Å²) in [7, 11) is 1.23. The molecule has 0 aliphatic rings. The molecule has 0 amide bonds. The molecule has 0 unspecified atom stereocenters. The third-order valence-electron chi connectivity index (χ3n) is 5.51. The zero-order valence-electron chi connectivity index (χ0n) is 19.9. The lowest BCUT2D eigenvalue weighted by atomic mass is 10.1. The molecule has 186 valence electrons. The zero-order valence-corrected chi connectivity index (χ0v) is 19.9. The summed E-state index contributed by atoms with van der Waals surface area (Å²) in [5, 5.41) is 0.251. The van der Waals surface area contributed by atoms with E-state index in [1.165, 1.54) is 13.1 Å². The van der Waals surface area contributed by atoms with Gasteiger partial charge in [0.15, 0.2) is 6.61 Å². The summed E-state index contributed by atoms with van der Waals surface area (Å²) in [6, 6.07) is 6.32. The minimum atomic E-state index is -0.933. The number of aromatic nitrogens is 4. The number of carbonyl (C=O) groups is 2. The molecular formula is C23H27N5O7. The molecule has 0 aliphatic carbocycles. The summed E-state index contributed by atoms with van der Waals surface area (Å²) in [6.45, 7) is 4.21. The largest absolute Gasteiger partial charge is 0.456 e. The van der Waals surface area contributed by atoms with Crippen LogP contribution in [0.1, 0.15) is 31.1 Å². The summed E-state index contributed by atoms with van der Waals surface area (Å²) in [4.78, 5) is 75.6. The maximum atomic E-state index is 12.8. The van der Waals surface area contributed by atoms with Gasteiger partial charge in [-0.25, -0.2) is 9.59 Å². The number of nitrogens with zero attached hydrogens (tertiary/aromatic N) is 4. The number of para-hydroxylation sites is 1. The highest BCUT2D eigenvalue weighted by Gasteiger charge is 2.23. The van der Waals surface area contributed by atoms with Gasteiger partial charge in [0.1, 0.15) is 17.9 Å². The maximum Gasteiger partial charge on any atom is 0.332 e. The number of carbonyl (C=O) groups excluding carboxylic acids is 2. The molecule has 0 fully saturated rings.